The first-order valence-corrected chi connectivity index (χ1v) is 6.70. The molecule has 0 atom stereocenters. The summed E-state index contributed by atoms with van der Waals surface area (Å²) in [6, 6.07) is 0. The fourth-order valence-corrected chi connectivity index (χ4v) is 2.32. The lowest BCUT2D eigenvalue weighted by Crippen LogP contribution is -2.21. The SMILES string of the molecule is Cc1ncc(CO)c(CNCCC2CCC2)c1O. The molecule has 1 aliphatic carbocycles. The Morgan fingerprint density at radius 1 is 1.44 bits per heavy atom. The van der Waals surface area contributed by atoms with E-state index in [1.807, 2.05) is 0 Å². The molecule has 1 saturated carbocycles. The van der Waals surface area contributed by atoms with Crippen LogP contribution in [0.2, 0.25) is 0 Å². The van der Waals surface area contributed by atoms with Crippen molar-refractivity contribution in [3.05, 3.63) is 23.0 Å². The molecule has 18 heavy (non-hydrogen) atoms. The molecule has 0 radical (unpaired) electrons. The summed E-state index contributed by atoms with van der Waals surface area (Å²) >= 11 is 0. The zero-order valence-corrected chi connectivity index (χ0v) is 10.9. The lowest BCUT2D eigenvalue weighted by atomic mass is 9.83. The third-order valence-corrected chi connectivity index (χ3v) is 3.86. The first-order valence-electron chi connectivity index (χ1n) is 6.70. The fourth-order valence-electron chi connectivity index (χ4n) is 2.32. The van der Waals surface area contributed by atoms with E-state index in [1.54, 1.807) is 13.1 Å². The Kier molecular flexibility index (Phi) is 4.55. The molecule has 4 nitrogen and oxygen atoms in total. The number of aliphatic hydroxyl groups is 1. The Balaban J connectivity index is 1.88. The van der Waals surface area contributed by atoms with Crippen molar-refractivity contribution in [1.82, 2.24) is 10.3 Å². The third-order valence-electron chi connectivity index (χ3n) is 3.86. The second kappa shape index (κ2) is 6.16. The smallest absolute Gasteiger partial charge is 0.141 e. The van der Waals surface area contributed by atoms with Gasteiger partial charge in [0.25, 0.3) is 0 Å². The summed E-state index contributed by atoms with van der Waals surface area (Å²) in [5.41, 5.74) is 2.09. The molecule has 1 aliphatic rings. The number of hydrogen-bond donors (Lipinski definition) is 3. The van der Waals surface area contributed by atoms with Gasteiger partial charge in [-0.15, -0.1) is 0 Å². The van der Waals surface area contributed by atoms with Crippen molar-refractivity contribution < 1.29 is 10.2 Å². The molecule has 1 fully saturated rings. The average molecular weight is 250 g/mol. The van der Waals surface area contributed by atoms with Crippen LogP contribution in [0.4, 0.5) is 0 Å². The number of pyridine rings is 1. The van der Waals surface area contributed by atoms with Crippen LogP contribution in [0.1, 0.15) is 42.5 Å². The van der Waals surface area contributed by atoms with Gasteiger partial charge in [-0.3, -0.25) is 4.98 Å². The molecule has 1 aromatic heterocycles. The van der Waals surface area contributed by atoms with E-state index in [9.17, 15) is 10.2 Å². The van der Waals surface area contributed by atoms with Crippen molar-refractivity contribution in [1.29, 1.82) is 0 Å². The van der Waals surface area contributed by atoms with E-state index in [0.29, 0.717) is 17.8 Å². The number of hydrogen-bond acceptors (Lipinski definition) is 4. The Morgan fingerprint density at radius 3 is 2.83 bits per heavy atom. The van der Waals surface area contributed by atoms with E-state index >= 15 is 0 Å². The van der Waals surface area contributed by atoms with Gasteiger partial charge in [0, 0.05) is 23.9 Å². The molecule has 0 amide bonds. The molecule has 0 bridgehead atoms. The molecule has 0 aromatic carbocycles. The first kappa shape index (κ1) is 13.3. The molecular weight excluding hydrogens is 228 g/mol. The highest BCUT2D eigenvalue weighted by molar-refractivity contribution is 5.40. The van der Waals surface area contributed by atoms with Gasteiger partial charge in [0.2, 0.25) is 0 Å². The summed E-state index contributed by atoms with van der Waals surface area (Å²) in [4.78, 5) is 4.05. The van der Waals surface area contributed by atoms with Crippen LogP contribution in [-0.4, -0.2) is 21.7 Å². The Labute approximate surface area is 108 Å². The average Bonchev–Trinajstić information content (AvgIpc) is 2.32. The topological polar surface area (TPSA) is 65.4 Å². The summed E-state index contributed by atoms with van der Waals surface area (Å²) in [5, 5.41) is 22.6. The second-order valence-corrected chi connectivity index (χ2v) is 5.12. The van der Waals surface area contributed by atoms with Crippen molar-refractivity contribution in [3.8, 4) is 5.75 Å². The monoisotopic (exact) mass is 250 g/mol. The lowest BCUT2D eigenvalue weighted by molar-refractivity contribution is 0.277. The molecule has 0 aliphatic heterocycles. The number of aliphatic hydroxyl groups excluding tert-OH is 1. The van der Waals surface area contributed by atoms with Crippen LogP contribution in [0.25, 0.3) is 0 Å². The van der Waals surface area contributed by atoms with Crippen LogP contribution in [0.3, 0.4) is 0 Å². The van der Waals surface area contributed by atoms with Gasteiger partial charge in [-0.25, -0.2) is 0 Å². The fraction of sp³-hybridized carbons (Fsp3) is 0.643. The van der Waals surface area contributed by atoms with E-state index in [1.165, 1.54) is 25.7 Å². The van der Waals surface area contributed by atoms with Crippen LogP contribution in [0, 0.1) is 12.8 Å². The third kappa shape index (κ3) is 3.00. The molecule has 0 spiro atoms. The standard InChI is InChI=1S/C14H22N2O2/c1-10-14(18)13(12(9-17)7-16-10)8-15-6-5-11-3-2-4-11/h7,11,15,17-18H,2-6,8-9H2,1H3. The number of rotatable bonds is 6. The molecule has 2 rings (SSSR count). The zero-order valence-electron chi connectivity index (χ0n) is 10.9. The van der Waals surface area contributed by atoms with Crippen LogP contribution in [0.5, 0.6) is 5.75 Å². The summed E-state index contributed by atoms with van der Waals surface area (Å²) in [6.45, 7) is 3.25. The first-order chi connectivity index (χ1) is 8.72. The van der Waals surface area contributed by atoms with Crippen LogP contribution < -0.4 is 5.32 Å². The van der Waals surface area contributed by atoms with E-state index in [0.717, 1.165) is 18.0 Å². The van der Waals surface area contributed by atoms with Crippen molar-refractivity contribution in [2.45, 2.75) is 45.8 Å². The van der Waals surface area contributed by atoms with Crippen LogP contribution in [-0.2, 0) is 13.2 Å². The maximum atomic E-state index is 9.96. The summed E-state index contributed by atoms with van der Waals surface area (Å²) in [7, 11) is 0. The molecule has 1 heterocycles. The molecule has 3 N–H and O–H groups in total. The van der Waals surface area contributed by atoms with Crippen molar-refractivity contribution >= 4 is 0 Å². The molecule has 0 saturated heterocycles. The highest BCUT2D eigenvalue weighted by atomic mass is 16.3. The largest absolute Gasteiger partial charge is 0.506 e. The normalized spacial score (nSPS) is 15.7. The minimum atomic E-state index is -0.0829. The Bertz CT molecular complexity index is 403. The summed E-state index contributed by atoms with van der Waals surface area (Å²) in [6.07, 6.45) is 6.95. The van der Waals surface area contributed by atoms with E-state index in [4.69, 9.17) is 0 Å². The van der Waals surface area contributed by atoms with Crippen molar-refractivity contribution in [3.63, 3.8) is 0 Å². The lowest BCUT2D eigenvalue weighted by Gasteiger charge is -2.25. The maximum absolute atomic E-state index is 9.96. The minimum absolute atomic E-state index is 0.0829. The van der Waals surface area contributed by atoms with Gasteiger partial charge in [-0.2, -0.15) is 0 Å². The minimum Gasteiger partial charge on any atom is -0.506 e. The number of aromatic hydroxyl groups is 1. The van der Waals surface area contributed by atoms with Crippen molar-refractivity contribution in [2.75, 3.05) is 6.54 Å². The summed E-state index contributed by atoms with van der Waals surface area (Å²) < 4.78 is 0. The molecular formula is C14H22N2O2. The molecule has 4 heteroatoms. The van der Waals surface area contributed by atoms with E-state index in [-0.39, 0.29) is 12.4 Å². The van der Waals surface area contributed by atoms with Gasteiger partial charge in [-0.05, 0) is 25.8 Å². The zero-order chi connectivity index (χ0) is 13.0. The Morgan fingerprint density at radius 2 is 2.22 bits per heavy atom. The van der Waals surface area contributed by atoms with Gasteiger partial charge < -0.3 is 15.5 Å². The van der Waals surface area contributed by atoms with Gasteiger partial charge in [0.05, 0.1) is 12.3 Å². The molecule has 0 unspecified atom stereocenters. The van der Waals surface area contributed by atoms with Gasteiger partial charge in [0.15, 0.2) is 0 Å². The highest BCUT2D eigenvalue weighted by Crippen LogP contribution is 2.29. The second-order valence-electron chi connectivity index (χ2n) is 5.12. The van der Waals surface area contributed by atoms with Crippen LogP contribution in [0.15, 0.2) is 6.20 Å². The predicted molar refractivity (Wildman–Crippen MR) is 70.2 cm³/mol. The van der Waals surface area contributed by atoms with Crippen LogP contribution >= 0.6 is 0 Å². The van der Waals surface area contributed by atoms with E-state index in [2.05, 4.69) is 10.3 Å². The number of aryl methyl sites for hydroxylation is 1. The Hall–Kier alpha value is -1.13. The quantitative estimate of drug-likeness (QED) is 0.674. The number of aromatic nitrogens is 1. The maximum Gasteiger partial charge on any atom is 0.141 e. The number of nitrogens with zero attached hydrogens (tertiary/aromatic N) is 1. The number of nitrogens with one attached hydrogen (secondary N) is 1. The molecule has 1 aromatic rings. The van der Waals surface area contributed by atoms with E-state index < -0.39 is 0 Å². The summed E-state index contributed by atoms with van der Waals surface area (Å²) in [5.74, 6) is 1.10. The highest BCUT2D eigenvalue weighted by Gasteiger charge is 2.16. The predicted octanol–water partition coefficient (Wildman–Crippen LogP) is 1.87. The molecule has 100 valence electrons. The van der Waals surface area contributed by atoms with Gasteiger partial charge >= 0.3 is 0 Å². The van der Waals surface area contributed by atoms with Gasteiger partial charge in [0.1, 0.15) is 5.75 Å². The van der Waals surface area contributed by atoms with Gasteiger partial charge in [-0.1, -0.05) is 19.3 Å². The van der Waals surface area contributed by atoms with Crippen molar-refractivity contribution in [2.24, 2.45) is 5.92 Å².